The van der Waals surface area contributed by atoms with Crippen molar-refractivity contribution in [2.24, 2.45) is 0 Å². The van der Waals surface area contributed by atoms with Gasteiger partial charge in [-0.05, 0) is 44.5 Å². The summed E-state index contributed by atoms with van der Waals surface area (Å²) in [5, 5.41) is 0. The molecule has 0 radical (unpaired) electrons. The Morgan fingerprint density at radius 2 is 1.90 bits per heavy atom. The second kappa shape index (κ2) is 7.89. The average Bonchev–Trinajstić information content (AvgIpc) is 2.65. The molecule has 7 nitrogen and oxygen atoms in total. The zero-order chi connectivity index (χ0) is 21.2. The van der Waals surface area contributed by atoms with Crippen LogP contribution in [0, 0.1) is 0 Å². The number of amides is 1. The van der Waals surface area contributed by atoms with Gasteiger partial charge < -0.3 is 19.1 Å². The maximum absolute atomic E-state index is 12.8. The Balaban J connectivity index is 1.69. The molecule has 1 aromatic carbocycles. The number of methoxy groups -OCH3 is 1. The standard InChI is InChI=1S/C22H27NO6/c1-21(2,3)29-20(26)23-11-9-22(10-12-23)14-17(24)16-13-15(5-7-18(16)28-22)6-8-19(25)27-4/h5-8,13H,9-12,14H2,1-4H3. The largest absolute Gasteiger partial charge is 0.486 e. The molecule has 1 saturated heterocycles. The number of benzene rings is 1. The molecule has 2 aliphatic rings. The molecule has 3 rings (SSSR count). The van der Waals surface area contributed by atoms with E-state index >= 15 is 0 Å². The summed E-state index contributed by atoms with van der Waals surface area (Å²) < 4.78 is 16.3. The molecule has 1 spiro atoms. The summed E-state index contributed by atoms with van der Waals surface area (Å²) in [5.74, 6) is 0.0912. The van der Waals surface area contributed by atoms with E-state index in [0.29, 0.717) is 37.2 Å². The summed E-state index contributed by atoms with van der Waals surface area (Å²) in [6, 6.07) is 5.27. The van der Waals surface area contributed by atoms with Crippen molar-refractivity contribution in [2.45, 2.75) is 51.2 Å². The van der Waals surface area contributed by atoms with E-state index in [2.05, 4.69) is 4.74 Å². The molecule has 0 saturated carbocycles. The lowest BCUT2D eigenvalue weighted by Gasteiger charge is -2.44. The predicted octanol–water partition coefficient (Wildman–Crippen LogP) is 3.61. The topological polar surface area (TPSA) is 82.1 Å². The number of carbonyl (C=O) groups is 3. The number of esters is 1. The fraction of sp³-hybridized carbons (Fsp3) is 0.500. The first kappa shape index (κ1) is 20.9. The van der Waals surface area contributed by atoms with Gasteiger partial charge in [-0.3, -0.25) is 4.79 Å². The molecular weight excluding hydrogens is 374 g/mol. The van der Waals surface area contributed by atoms with Crippen LogP contribution in [-0.2, 0) is 14.3 Å². The Kier molecular flexibility index (Phi) is 5.68. The van der Waals surface area contributed by atoms with Crippen molar-refractivity contribution in [3.63, 3.8) is 0 Å². The van der Waals surface area contributed by atoms with Gasteiger partial charge in [-0.25, -0.2) is 9.59 Å². The molecule has 2 aliphatic heterocycles. The first-order chi connectivity index (χ1) is 13.6. The second-order valence-electron chi connectivity index (χ2n) is 8.46. The average molecular weight is 401 g/mol. The zero-order valence-corrected chi connectivity index (χ0v) is 17.3. The number of nitrogens with zero attached hydrogens (tertiary/aromatic N) is 1. The normalized spacial score (nSPS) is 18.3. The Bertz CT molecular complexity index is 843. The fourth-order valence-corrected chi connectivity index (χ4v) is 3.55. The van der Waals surface area contributed by atoms with Crippen LogP contribution in [0.2, 0.25) is 0 Å². The van der Waals surface area contributed by atoms with Crippen molar-refractivity contribution in [3.8, 4) is 5.75 Å². The van der Waals surface area contributed by atoms with Crippen LogP contribution >= 0.6 is 0 Å². The van der Waals surface area contributed by atoms with Crippen LogP contribution in [0.25, 0.3) is 6.08 Å². The number of hydrogen-bond donors (Lipinski definition) is 0. The lowest BCUT2D eigenvalue weighted by Crippen LogP contribution is -2.52. The highest BCUT2D eigenvalue weighted by molar-refractivity contribution is 6.01. The summed E-state index contributed by atoms with van der Waals surface area (Å²) in [5.41, 5.74) is 0.105. The highest BCUT2D eigenvalue weighted by Gasteiger charge is 2.44. The SMILES string of the molecule is COC(=O)C=Cc1ccc2c(c1)C(=O)CC1(CCN(C(=O)OC(C)(C)C)CC1)O2. The number of fused-ring (bicyclic) bond motifs is 1. The molecule has 0 aliphatic carbocycles. The fourth-order valence-electron chi connectivity index (χ4n) is 3.55. The first-order valence-electron chi connectivity index (χ1n) is 9.71. The van der Waals surface area contributed by atoms with E-state index in [-0.39, 0.29) is 18.3 Å². The molecule has 1 aromatic rings. The number of rotatable bonds is 2. The van der Waals surface area contributed by atoms with E-state index in [1.807, 2.05) is 20.8 Å². The summed E-state index contributed by atoms with van der Waals surface area (Å²) in [7, 11) is 1.31. The second-order valence-corrected chi connectivity index (χ2v) is 8.46. The number of carbonyl (C=O) groups excluding carboxylic acids is 3. The molecule has 156 valence electrons. The number of ketones is 1. The zero-order valence-electron chi connectivity index (χ0n) is 17.3. The Morgan fingerprint density at radius 3 is 2.52 bits per heavy atom. The van der Waals surface area contributed by atoms with Gasteiger partial charge in [-0.1, -0.05) is 6.07 Å². The van der Waals surface area contributed by atoms with Crippen LogP contribution in [0.1, 0.15) is 56.0 Å². The molecule has 29 heavy (non-hydrogen) atoms. The quantitative estimate of drug-likeness (QED) is 0.556. The number of Topliss-reactive ketones (excluding diaryl/α,β-unsaturated/α-hetero) is 1. The van der Waals surface area contributed by atoms with Gasteiger partial charge in [0.05, 0.1) is 19.1 Å². The van der Waals surface area contributed by atoms with E-state index in [4.69, 9.17) is 9.47 Å². The van der Waals surface area contributed by atoms with Crippen molar-refractivity contribution < 1.29 is 28.6 Å². The minimum Gasteiger partial charge on any atom is -0.486 e. The van der Waals surface area contributed by atoms with Crippen molar-refractivity contribution in [2.75, 3.05) is 20.2 Å². The van der Waals surface area contributed by atoms with E-state index in [9.17, 15) is 14.4 Å². The van der Waals surface area contributed by atoms with Crippen LogP contribution in [0.4, 0.5) is 4.79 Å². The van der Waals surface area contributed by atoms with Crippen molar-refractivity contribution in [1.29, 1.82) is 0 Å². The van der Waals surface area contributed by atoms with Gasteiger partial charge >= 0.3 is 12.1 Å². The van der Waals surface area contributed by atoms with Gasteiger partial charge in [0.1, 0.15) is 17.0 Å². The summed E-state index contributed by atoms with van der Waals surface area (Å²) in [4.78, 5) is 38.0. The van der Waals surface area contributed by atoms with E-state index in [0.717, 1.165) is 5.56 Å². The van der Waals surface area contributed by atoms with Crippen LogP contribution in [0.3, 0.4) is 0 Å². The lowest BCUT2D eigenvalue weighted by atomic mass is 9.82. The Labute approximate surface area is 170 Å². The number of likely N-dealkylation sites (tertiary alicyclic amines) is 1. The van der Waals surface area contributed by atoms with Crippen molar-refractivity contribution in [1.82, 2.24) is 4.90 Å². The smallest absolute Gasteiger partial charge is 0.410 e. The van der Waals surface area contributed by atoms with Gasteiger partial charge in [-0.15, -0.1) is 0 Å². The third-order valence-corrected chi connectivity index (χ3v) is 5.05. The van der Waals surface area contributed by atoms with E-state index < -0.39 is 17.2 Å². The molecule has 0 N–H and O–H groups in total. The molecular formula is C22H27NO6. The first-order valence-corrected chi connectivity index (χ1v) is 9.71. The van der Waals surface area contributed by atoms with Gasteiger partial charge in [0.2, 0.25) is 0 Å². The van der Waals surface area contributed by atoms with E-state index in [1.54, 1.807) is 29.2 Å². The van der Waals surface area contributed by atoms with Crippen molar-refractivity contribution in [3.05, 3.63) is 35.4 Å². The highest BCUT2D eigenvalue weighted by Crippen LogP contribution is 2.40. The van der Waals surface area contributed by atoms with Gasteiger partial charge in [0, 0.05) is 32.0 Å². The molecule has 2 heterocycles. The molecule has 0 bridgehead atoms. The highest BCUT2D eigenvalue weighted by atomic mass is 16.6. The number of hydrogen-bond acceptors (Lipinski definition) is 6. The molecule has 0 aromatic heterocycles. The minimum atomic E-state index is -0.591. The van der Waals surface area contributed by atoms with Crippen LogP contribution in [-0.4, -0.2) is 54.1 Å². The Morgan fingerprint density at radius 1 is 1.21 bits per heavy atom. The number of piperidine rings is 1. The molecule has 1 fully saturated rings. The maximum Gasteiger partial charge on any atom is 0.410 e. The van der Waals surface area contributed by atoms with Crippen LogP contribution in [0.5, 0.6) is 5.75 Å². The molecule has 0 atom stereocenters. The molecule has 0 unspecified atom stereocenters. The molecule has 7 heteroatoms. The summed E-state index contributed by atoms with van der Waals surface area (Å²) in [6.45, 7) is 6.48. The van der Waals surface area contributed by atoms with Gasteiger partial charge in [0.25, 0.3) is 0 Å². The molecule has 1 amide bonds. The Hall–Kier alpha value is -2.83. The monoisotopic (exact) mass is 401 g/mol. The third-order valence-electron chi connectivity index (χ3n) is 5.05. The van der Waals surface area contributed by atoms with Crippen molar-refractivity contribution >= 4 is 23.9 Å². The maximum atomic E-state index is 12.8. The predicted molar refractivity (Wildman–Crippen MR) is 107 cm³/mol. The summed E-state index contributed by atoms with van der Waals surface area (Å²) >= 11 is 0. The lowest BCUT2D eigenvalue weighted by molar-refractivity contribution is -0.134. The van der Waals surface area contributed by atoms with Gasteiger partial charge in [-0.2, -0.15) is 0 Å². The third kappa shape index (κ3) is 4.96. The summed E-state index contributed by atoms with van der Waals surface area (Å²) in [6.07, 6.45) is 3.99. The van der Waals surface area contributed by atoms with Gasteiger partial charge in [0.15, 0.2) is 5.78 Å². The van der Waals surface area contributed by atoms with Crippen LogP contribution in [0.15, 0.2) is 24.3 Å². The minimum absolute atomic E-state index is 0.00489. The van der Waals surface area contributed by atoms with Crippen LogP contribution < -0.4 is 4.74 Å². The number of ether oxygens (including phenoxy) is 3. The van der Waals surface area contributed by atoms with E-state index in [1.165, 1.54) is 13.2 Å².